The van der Waals surface area contributed by atoms with E-state index in [1.165, 1.54) is 6.92 Å². The van der Waals surface area contributed by atoms with Crippen LogP contribution < -0.4 is 0 Å². The lowest BCUT2D eigenvalue weighted by Gasteiger charge is -2.07. The maximum atomic E-state index is 12.0. The zero-order chi connectivity index (χ0) is 11.6. The fraction of sp³-hybridized carbons (Fsp3) is 0.333. The molecule has 1 aromatic rings. The molecular weight excluding hydrogens is 211 g/mol. The molecule has 0 atom stereocenters. The molecule has 0 unspecified atom stereocenters. The van der Waals surface area contributed by atoms with Crippen molar-refractivity contribution in [2.75, 3.05) is 0 Å². The van der Waals surface area contributed by atoms with Crippen molar-refractivity contribution >= 4 is 5.97 Å². The number of hydrogen-bond acceptors (Lipinski definition) is 2. The number of carboxylic acid groups (broad SMARTS) is 1. The number of nitrogens with zero attached hydrogens (tertiary/aromatic N) is 1. The van der Waals surface area contributed by atoms with Crippen LogP contribution >= 0.6 is 0 Å². The first-order valence-corrected chi connectivity index (χ1v) is 4.06. The number of pyridine rings is 1. The second kappa shape index (κ2) is 3.88. The summed E-state index contributed by atoms with van der Waals surface area (Å²) < 4.78 is 35.9. The Bertz CT molecular complexity index is 387. The molecule has 0 aromatic carbocycles. The summed E-state index contributed by atoms with van der Waals surface area (Å²) in [6, 6.07) is 2.20. The van der Waals surface area contributed by atoms with Crippen molar-refractivity contribution in [2.24, 2.45) is 0 Å². The normalized spacial score (nSPS) is 11.5. The molecule has 0 aliphatic heterocycles. The Morgan fingerprint density at radius 3 is 2.47 bits per heavy atom. The van der Waals surface area contributed by atoms with Gasteiger partial charge >= 0.3 is 12.1 Å². The van der Waals surface area contributed by atoms with Gasteiger partial charge in [-0.15, -0.1) is 0 Å². The molecule has 0 bridgehead atoms. The fourth-order valence-electron chi connectivity index (χ4n) is 1.14. The molecule has 1 aromatic heterocycles. The van der Waals surface area contributed by atoms with Gasteiger partial charge in [0.1, 0.15) is 0 Å². The van der Waals surface area contributed by atoms with Gasteiger partial charge in [0.15, 0.2) is 0 Å². The van der Waals surface area contributed by atoms with Crippen LogP contribution in [0.2, 0.25) is 0 Å². The van der Waals surface area contributed by atoms with Crippen LogP contribution in [0.1, 0.15) is 21.7 Å². The summed E-state index contributed by atoms with van der Waals surface area (Å²) in [7, 11) is 0. The van der Waals surface area contributed by atoms with Crippen LogP contribution in [0.5, 0.6) is 0 Å². The number of carboxylic acids is 1. The third-order valence-corrected chi connectivity index (χ3v) is 1.76. The zero-order valence-electron chi connectivity index (χ0n) is 7.80. The van der Waals surface area contributed by atoms with E-state index in [4.69, 9.17) is 5.11 Å². The average molecular weight is 219 g/mol. The Labute approximate surface area is 83.6 Å². The lowest BCUT2D eigenvalue weighted by atomic mass is 10.1. The predicted octanol–water partition coefficient (Wildman–Crippen LogP) is 2.19. The van der Waals surface area contributed by atoms with Gasteiger partial charge in [0.2, 0.25) is 0 Å². The highest BCUT2D eigenvalue weighted by molar-refractivity contribution is 5.88. The van der Waals surface area contributed by atoms with Crippen LogP contribution in [0, 0.1) is 6.92 Å². The van der Waals surface area contributed by atoms with Crippen molar-refractivity contribution in [3.8, 4) is 0 Å². The number of aromatic carboxylic acids is 1. The van der Waals surface area contributed by atoms with Crippen molar-refractivity contribution in [1.82, 2.24) is 4.98 Å². The molecule has 0 spiro atoms. The van der Waals surface area contributed by atoms with Crippen molar-refractivity contribution in [3.05, 3.63) is 29.1 Å². The van der Waals surface area contributed by atoms with E-state index in [0.717, 1.165) is 12.1 Å². The van der Waals surface area contributed by atoms with Crippen molar-refractivity contribution in [1.29, 1.82) is 0 Å². The maximum absolute atomic E-state index is 12.0. The Kier molecular flexibility index (Phi) is 2.97. The number of hydrogen-bond donors (Lipinski definition) is 1. The highest BCUT2D eigenvalue weighted by Crippen LogP contribution is 2.20. The molecule has 0 fully saturated rings. The number of aryl methyl sites for hydroxylation is 1. The first kappa shape index (κ1) is 11.5. The molecule has 3 nitrogen and oxygen atoms in total. The lowest BCUT2D eigenvalue weighted by Crippen LogP contribution is -2.14. The molecule has 82 valence electrons. The SMILES string of the molecule is Cc1nc(CC(F)(F)F)ccc1C(=O)O. The second-order valence-corrected chi connectivity index (χ2v) is 3.03. The van der Waals surface area contributed by atoms with Crippen LogP contribution in [0.15, 0.2) is 12.1 Å². The highest BCUT2D eigenvalue weighted by atomic mass is 19.4. The standard InChI is InChI=1S/C9H8F3NO2/c1-5-7(8(14)15)3-2-6(13-5)4-9(10,11)12/h2-3H,4H2,1H3,(H,14,15). The predicted molar refractivity (Wildman–Crippen MR) is 45.7 cm³/mol. The first-order chi connectivity index (χ1) is 6.79. The summed E-state index contributed by atoms with van der Waals surface area (Å²) in [5, 5.41) is 8.63. The Balaban J connectivity index is 2.97. The van der Waals surface area contributed by atoms with E-state index in [-0.39, 0.29) is 17.0 Å². The fourth-order valence-corrected chi connectivity index (χ4v) is 1.14. The second-order valence-electron chi connectivity index (χ2n) is 3.03. The van der Waals surface area contributed by atoms with E-state index in [9.17, 15) is 18.0 Å². The van der Waals surface area contributed by atoms with E-state index in [1.54, 1.807) is 0 Å². The number of rotatable bonds is 2. The smallest absolute Gasteiger partial charge is 0.394 e. The van der Waals surface area contributed by atoms with Gasteiger partial charge in [0.25, 0.3) is 0 Å². The summed E-state index contributed by atoms with van der Waals surface area (Å²) in [6.07, 6.45) is -5.47. The van der Waals surface area contributed by atoms with Gasteiger partial charge in [-0.3, -0.25) is 4.98 Å². The molecule has 15 heavy (non-hydrogen) atoms. The average Bonchev–Trinajstić information content (AvgIpc) is 1.99. The van der Waals surface area contributed by atoms with Crippen molar-refractivity contribution in [3.63, 3.8) is 0 Å². The molecule has 1 N–H and O–H groups in total. The summed E-state index contributed by atoms with van der Waals surface area (Å²) in [6.45, 7) is 1.36. The van der Waals surface area contributed by atoms with Gasteiger partial charge in [0.05, 0.1) is 17.7 Å². The first-order valence-electron chi connectivity index (χ1n) is 4.06. The largest absolute Gasteiger partial charge is 0.478 e. The summed E-state index contributed by atoms with van der Waals surface area (Å²) in [4.78, 5) is 14.1. The number of halogens is 3. The van der Waals surface area contributed by atoms with E-state index < -0.39 is 18.6 Å². The summed E-state index contributed by atoms with van der Waals surface area (Å²) in [5.74, 6) is -1.20. The third kappa shape index (κ3) is 3.23. The summed E-state index contributed by atoms with van der Waals surface area (Å²) >= 11 is 0. The van der Waals surface area contributed by atoms with Crippen molar-refractivity contribution in [2.45, 2.75) is 19.5 Å². The van der Waals surface area contributed by atoms with E-state index in [2.05, 4.69) is 4.98 Å². The molecular formula is C9H8F3NO2. The minimum Gasteiger partial charge on any atom is -0.478 e. The summed E-state index contributed by atoms with van der Waals surface area (Å²) in [5.41, 5.74) is -0.171. The Morgan fingerprint density at radius 1 is 1.47 bits per heavy atom. The maximum Gasteiger partial charge on any atom is 0.394 e. The number of aromatic nitrogens is 1. The molecule has 6 heteroatoms. The number of carbonyl (C=O) groups is 1. The van der Waals surface area contributed by atoms with Crippen molar-refractivity contribution < 1.29 is 23.1 Å². The highest BCUT2D eigenvalue weighted by Gasteiger charge is 2.28. The molecule has 0 saturated heterocycles. The van der Waals surface area contributed by atoms with Crippen LogP contribution in [-0.2, 0) is 6.42 Å². The van der Waals surface area contributed by atoms with Gasteiger partial charge in [0, 0.05) is 5.69 Å². The van der Waals surface area contributed by atoms with E-state index in [1.807, 2.05) is 0 Å². The molecule has 0 radical (unpaired) electrons. The van der Waals surface area contributed by atoms with E-state index >= 15 is 0 Å². The minimum atomic E-state index is -4.33. The zero-order valence-corrected chi connectivity index (χ0v) is 7.80. The van der Waals surface area contributed by atoms with Gasteiger partial charge in [-0.1, -0.05) is 0 Å². The Morgan fingerprint density at radius 2 is 2.07 bits per heavy atom. The molecule has 0 aliphatic carbocycles. The Hall–Kier alpha value is -1.59. The molecule has 1 rings (SSSR count). The van der Waals surface area contributed by atoms with Gasteiger partial charge < -0.3 is 5.11 Å². The van der Waals surface area contributed by atoms with E-state index in [0.29, 0.717) is 0 Å². The van der Waals surface area contributed by atoms with Crippen LogP contribution in [-0.4, -0.2) is 22.2 Å². The van der Waals surface area contributed by atoms with Gasteiger partial charge in [-0.2, -0.15) is 13.2 Å². The van der Waals surface area contributed by atoms with Crippen LogP contribution in [0.3, 0.4) is 0 Å². The monoisotopic (exact) mass is 219 g/mol. The quantitative estimate of drug-likeness (QED) is 0.829. The topological polar surface area (TPSA) is 50.2 Å². The van der Waals surface area contributed by atoms with Gasteiger partial charge in [-0.05, 0) is 19.1 Å². The molecule has 0 amide bonds. The molecule has 0 aliphatic rings. The third-order valence-electron chi connectivity index (χ3n) is 1.76. The van der Waals surface area contributed by atoms with Gasteiger partial charge in [-0.25, -0.2) is 4.79 Å². The molecule has 0 saturated carbocycles. The van der Waals surface area contributed by atoms with Crippen LogP contribution in [0.25, 0.3) is 0 Å². The van der Waals surface area contributed by atoms with Crippen LogP contribution in [0.4, 0.5) is 13.2 Å². The molecule has 1 heterocycles. The number of alkyl halides is 3. The minimum absolute atomic E-state index is 0.0825. The lowest BCUT2D eigenvalue weighted by molar-refractivity contribution is -0.127.